The highest BCUT2D eigenvalue weighted by atomic mass is 35.5. The van der Waals surface area contributed by atoms with Crippen molar-refractivity contribution in [3.63, 3.8) is 0 Å². The van der Waals surface area contributed by atoms with Gasteiger partial charge in [-0.25, -0.2) is 4.99 Å². The minimum Gasteiger partial charge on any atom is -0.339 e. The van der Waals surface area contributed by atoms with Gasteiger partial charge in [-0.3, -0.25) is 9.59 Å². The van der Waals surface area contributed by atoms with Gasteiger partial charge >= 0.3 is 0 Å². The summed E-state index contributed by atoms with van der Waals surface area (Å²) in [4.78, 5) is 34.5. The molecular formula is C22H22ClN3O2S. The number of hydrogen-bond acceptors (Lipinski definition) is 4. The number of amides is 2. The smallest absolute Gasteiger partial charge is 0.284 e. The summed E-state index contributed by atoms with van der Waals surface area (Å²) in [6.45, 7) is 3.20. The molecule has 0 bridgehead atoms. The lowest BCUT2D eigenvalue weighted by atomic mass is 9.84. The standard InChI is InChI=1S/C22H22ClN3O2S/c1-25-9-11-26(12-10-25)19(27)14-29-21-20(15-5-3-2-4-6-15)17-13-16(23)7-8-18(17)24-22(21)28/h2-8,13,17H,9-12,14H2,1H3. The number of aliphatic imine (C=N–C) groups is 1. The molecule has 1 saturated heterocycles. The number of carbonyl (C=O) groups excluding carboxylic acids is 2. The van der Waals surface area contributed by atoms with Gasteiger partial charge in [0.15, 0.2) is 0 Å². The summed E-state index contributed by atoms with van der Waals surface area (Å²) in [5.74, 6) is -0.190. The quantitative estimate of drug-likeness (QED) is 0.740. The molecule has 7 heteroatoms. The van der Waals surface area contributed by atoms with Crippen LogP contribution in [-0.2, 0) is 9.59 Å². The number of nitrogens with zero attached hydrogens (tertiary/aromatic N) is 3. The molecule has 0 aromatic heterocycles. The fourth-order valence-corrected chi connectivity index (χ4v) is 4.89. The van der Waals surface area contributed by atoms with Crippen LogP contribution >= 0.6 is 23.4 Å². The third-order valence-electron chi connectivity index (χ3n) is 5.32. The van der Waals surface area contributed by atoms with E-state index in [2.05, 4.69) is 16.9 Å². The molecular weight excluding hydrogens is 406 g/mol. The fraction of sp³-hybridized carbons (Fsp3) is 0.318. The van der Waals surface area contributed by atoms with Gasteiger partial charge in [-0.05, 0) is 30.3 Å². The predicted octanol–water partition coefficient (Wildman–Crippen LogP) is 3.19. The lowest BCUT2D eigenvalue weighted by Gasteiger charge is -2.32. The van der Waals surface area contributed by atoms with Crippen LogP contribution in [0.3, 0.4) is 0 Å². The van der Waals surface area contributed by atoms with E-state index >= 15 is 0 Å². The second-order valence-corrected chi connectivity index (χ2v) is 8.71. The van der Waals surface area contributed by atoms with Gasteiger partial charge in [0.05, 0.1) is 16.4 Å². The van der Waals surface area contributed by atoms with Crippen LogP contribution in [0.15, 0.2) is 63.5 Å². The van der Waals surface area contributed by atoms with Gasteiger partial charge in [-0.2, -0.15) is 0 Å². The Hall–Kier alpha value is -2.15. The molecule has 1 fully saturated rings. The van der Waals surface area contributed by atoms with Crippen molar-refractivity contribution in [1.82, 2.24) is 9.80 Å². The number of dihydropyridines is 1. The summed E-state index contributed by atoms with van der Waals surface area (Å²) in [5, 5.41) is 0.620. The van der Waals surface area contributed by atoms with Gasteiger partial charge in [0.25, 0.3) is 5.91 Å². The summed E-state index contributed by atoms with van der Waals surface area (Å²) < 4.78 is 0. The number of halogens is 1. The number of hydrogen-bond donors (Lipinski definition) is 0. The van der Waals surface area contributed by atoms with Crippen molar-refractivity contribution in [3.8, 4) is 0 Å². The highest BCUT2D eigenvalue weighted by molar-refractivity contribution is 8.04. The van der Waals surface area contributed by atoms with Gasteiger partial charge in [0.2, 0.25) is 5.91 Å². The highest BCUT2D eigenvalue weighted by Gasteiger charge is 2.33. The Morgan fingerprint density at radius 2 is 1.90 bits per heavy atom. The van der Waals surface area contributed by atoms with Crippen molar-refractivity contribution in [1.29, 1.82) is 0 Å². The predicted molar refractivity (Wildman–Crippen MR) is 119 cm³/mol. The van der Waals surface area contributed by atoms with E-state index in [1.54, 1.807) is 12.2 Å². The molecule has 5 nitrogen and oxygen atoms in total. The first kappa shape index (κ1) is 20.1. The molecule has 1 aliphatic carbocycles. The molecule has 1 atom stereocenters. The van der Waals surface area contributed by atoms with E-state index in [9.17, 15) is 9.59 Å². The number of piperazine rings is 1. The Morgan fingerprint density at radius 1 is 1.17 bits per heavy atom. The Kier molecular flexibility index (Phi) is 6.04. The average Bonchev–Trinajstić information content (AvgIpc) is 2.73. The van der Waals surface area contributed by atoms with Gasteiger partial charge in [-0.1, -0.05) is 48.0 Å². The average molecular weight is 428 g/mol. The van der Waals surface area contributed by atoms with Crippen LogP contribution in [0, 0.1) is 5.92 Å². The Bertz CT molecular complexity index is 944. The maximum atomic E-state index is 12.9. The van der Waals surface area contributed by atoms with Gasteiger partial charge in [0, 0.05) is 37.1 Å². The molecule has 1 aromatic rings. The van der Waals surface area contributed by atoms with Crippen molar-refractivity contribution in [2.24, 2.45) is 10.9 Å². The van der Waals surface area contributed by atoms with E-state index in [0.717, 1.165) is 37.3 Å². The maximum Gasteiger partial charge on any atom is 0.284 e. The molecule has 2 aliphatic heterocycles. The first-order valence-corrected chi connectivity index (χ1v) is 11.0. The Balaban J connectivity index is 1.62. The number of rotatable bonds is 4. The summed E-state index contributed by atoms with van der Waals surface area (Å²) in [5.41, 5.74) is 2.51. The Labute approximate surface area is 179 Å². The first-order chi connectivity index (χ1) is 14.0. The maximum absolute atomic E-state index is 12.9. The van der Waals surface area contributed by atoms with E-state index in [1.165, 1.54) is 11.8 Å². The normalized spacial score (nSPS) is 22.3. The van der Waals surface area contributed by atoms with Crippen LogP contribution in [-0.4, -0.2) is 66.3 Å². The summed E-state index contributed by atoms with van der Waals surface area (Å²) in [7, 11) is 2.06. The van der Waals surface area contributed by atoms with Crippen molar-refractivity contribution >= 4 is 46.5 Å². The van der Waals surface area contributed by atoms with Crippen LogP contribution in [0.2, 0.25) is 0 Å². The minimum atomic E-state index is -0.289. The number of thioether (sulfide) groups is 1. The summed E-state index contributed by atoms with van der Waals surface area (Å²) >= 11 is 7.54. The molecule has 150 valence electrons. The number of allylic oxidation sites excluding steroid dienone is 5. The third-order valence-corrected chi connectivity index (χ3v) is 6.65. The molecule has 0 radical (unpaired) electrons. The second kappa shape index (κ2) is 8.69. The molecule has 4 rings (SSSR count). The SMILES string of the molecule is CN1CCN(C(=O)CSC2=C(c3ccccc3)C3C=C(Cl)C=CC3=NC2=O)CC1. The lowest BCUT2D eigenvalue weighted by molar-refractivity contribution is -0.129. The van der Waals surface area contributed by atoms with Crippen molar-refractivity contribution in [2.45, 2.75) is 0 Å². The van der Waals surface area contributed by atoms with Crippen LogP contribution in [0.25, 0.3) is 5.57 Å². The van der Waals surface area contributed by atoms with Gasteiger partial charge in [0.1, 0.15) is 0 Å². The molecule has 2 heterocycles. The number of benzene rings is 1. The van der Waals surface area contributed by atoms with Crippen LogP contribution in [0.5, 0.6) is 0 Å². The van der Waals surface area contributed by atoms with Crippen LogP contribution < -0.4 is 0 Å². The van der Waals surface area contributed by atoms with Crippen LogP contribution in [0.4, 0.5) is 0 Å². The van der Waals surface area contributed by atoms with Gasteiger partial charge in [-0.15, -0.1) is 11.8 Å². The van der Waals surface area contributed by atoms with Gasteiger partial charge < -0.3 is 9.80 Å². The van der Waals surface area contributed by atoms with Crippen molar-refractivity contribution in [3.05, 3.63) is 64.1 Å². The zero-order valence-corrected chi connectivity index (χ0v) is 17.7. The van der Waals surface area contributed by atoms with E-state index in [0.29, 0.717) is 15.6 Å². The molecule has 0 saturated carbocycles. The van der Waals surface area contributed by atoms with E-state index in [4.69, 9.17) is 11.6 Å². The molecule has 1 unspecified atom stereocenters. The number of fused-ring (bicyclic) bond motifs is 1. The van der Waals surface area contributed by atoms with E-state index in [1.807, 2.05) is 41.3 Å². The first-order valence-electron chi connectivity index (χ1n) is 9.60. The zero-order chi connectivity index (χ0) is 20.4. The molecule has 2 amide bonds. The third kappa shape index (κ3) is 4.39. The zero-order valence-electron chi connectivity index (χ0n) is 16.2. The highest BCUT2D eigenvalue weighted by Crippen LogP contribution is 2.40. The lowest BCUT2D eigenvalue weighted by Crippen LogP contribution is -2.47. The minimum absolute atomic E-state index is 0.0581. The number of likely N-dealkylation sites (N-methyl/N-ethyl adjacent to an activating group) is 1. The van der Waals surface area contributed by atoms with Crippen molar-refractivity contribution in [2.75, 3.05) is 39.0 Å². The molecule has 0 N–H and O–H groups in total. The molecule has 3 aliphatic rings. The summed E-state index contributed by atoms with van der Waals surface area (Å²) in [6, 6.07) is 9.79. The van der Waals surface area contributed by atoms with E-state index in [-0.39, 0.29) is 23.5 Å². The van der Waals surface area contributed by atoms with Crippen molar-refractivity contribution < 1.29 is 9.59 Å². The fourth-order valence-electron chi connectivity index (χ4n) is 3.68. The molecule has 29 heavy (non-hydrogen) atoms. The van der Waals surface area contributed by atoms with E-state index < -0.39 is 0 Å². The topological polar surface area (TPSA) is 53.0 Å². The van der Waals surface area contributed by atoms with Crippen LogP contribution in [0.1, 0.15) is 5.56 Å². The summed E-state index contributed by atoms with van der Waals surface area (Å²) in [6.07, 6.45) is 5.46. The largest absolute Gasteiger partial charge is 0.339 e. The molecule has 1 aromatic carbocycles. The molecule has 0 spiro atoms. The monoisotopic (exact) mass is 427 g/mol. The second-order valence-electron chi connectivity index (χ2n) is 7.29. The number of carbonyl (C=O) groups is 2. The Morgan fingerprint density at radius 3 is 2.62 bits per heavy atom.